The highest BCUT2D eigenvalue weighted by atomic mass is 32.2. The van der Waals surface area contributed by atoms with Gasteiger partial charge in [-0.25, -0.2) is 8.42 Å². The Hall–Kier alpha value is -2.26. The van der Waals surface area contributed by atoms with E-state index in [1.165, 1.54) is 4.31 Å². The maximum absolute atomic E-state index is 12.4. The molecular formula is C15H19N5O3S. The van der Waals surface area contributed by atoms with Crippen molar-refractivity contribution >= 4 is 15.9 Å². The Balaban J connectivity index is 1.69. The van der Waals surface area contributed by atoms with Crippen molar-refractivity contribution in [1.29, 1.82) is 0 Å². The van der Waals surface area contributed by atoms with Crippen LogP contribution in [0.15, 0.2) is 36.7 Å². The molecule has 9 heteroatoms. The van der Waals surface area contributed by atoms with Gasteiger partial charge in [-0.3, -0.25) is 9.36 Å². The summed E-state index contributed by atoms with van der Waals surface area (Å²) >= 11 is 0. The van der Waals surface area contributed by atoms with E-state index in [1.807, 2.05) is 30.3 Å². The Morgan fingerprint density at radius 2 is 2.08 bits per heavy atom. The largest absolute Gasteiger partial charge is 0.347 e. The van der Waals surface area contributed by atoms with E-state index in [9.17, 15) is 13.2 Å². The minimum atomic E-state index is -3.38. The van der Waals surface area contributed by atoms with Crippen molar-refractivity contribution in [3.05, 3.63) is 42.5 Å². The molecule has 0 saturated carbocycles. The quantitative estimate of drug-likeness (QED) is 0.838. The summed E-state index contributed by atoms with van der Waals surface area (Å²) in [6.45, 7) is 0.568. The van der Waals surface area contributed by atoms with Crippen molar-refractivity contribution in [3.63, 3.8) is 0 Å². The van der Waals surface area contributed by atoms with Gasteiger partial charge in [0.25, 0.3) is 0 Å². The van der Waals surface area contributed by atoms with Gasteiger partial charge in [0.2, 0.25) is 15.9 Å². The van der Waals surface area contributed by atoms with Crippen molar-refractivity contribution in [2.45, 2.75) is 25.4 Å². The molecule has 1 aromatic heterocycles. The number of carbonyl (C=O) groups excluding carboxylic acids is 1. The highest BCUT2D eigenvalue weighted by molar-refractivity contribution is 7.88. The highest BCUT2D eigenvalue weighted by Gasteiger charge is 2.36. The summed E-state index contributed by atoms with van der Waals surface area (Å²) in [6, 6.07) is 8.90. The average molecular weight is 349 g/mol. The molecule has 1 N–H and O–H groups in total. The summed E-state index contributed by atoms with van der Waals surface area (Å²) in [4.78, 5) is 12.4. The summed E-state index contributed by atoms with van der Waals surface area (Å²) < 4.78 is 26.5. The van der Waals surface area contributed by atoms with E-state index in [1.54, 1.807) is 10.9 Å². The Morgan fingerprint density at radius 1 is 1.33 bits per heavy atom. The van der Waals surface area contributed by atoms with E-state index in [2.05, 4.69) is 15.5 Å². The maximum Gasteiger partial charge on any atom is 0.238 e. The lowest BCUT2D eigenvalue weighted by Gasteiger charge is -2.21. The monoisotopic (exact) mass is 349 g/mol. The normalized spacial score (nSPS) is 18.6. The van der Waals surface area contributed by atoms with Crippen molar-refractivity contribution in [1.82, 2.24) is 24.4 Å². The average Bonchev–Trinajstić information content (AvgIpc) is 3.22. The highest BCUT2D eigenvalue weighted by Crippen LogP contribution is 2.20. The standard InChI is InChI=1S/C15H19N5O3S/c1-24(22,23)20-9-5-8-13(20)15(21)16-10-14-18-17-11-19(14)12-6-3-2-4-7-12/h2-4,6-7,11,13H,5,8-10H2,1H3,(H,16,21). The summed E-state index contributed by atoms with van der Waals surface area (Å²) in [5.74, 6) is 0.277. The first-order chi connectivity index (χ1) is 11.5. The predicted octanol–water partition coefficient (Wildman–Crippen LogP) is 0.308. The van der Waals surface area contributed by atoms with Crippen molar-refractivity contribution in [2.24, 2.45) is 0 Å². The summed E-state index contributed by atoms with van der Waals surface area (Å²) in [5.41, 5.74) is 0.894. The van der Waals surface area contributed by atoms with Crippen LogP contribution in [-0.2, 0) is 21.4 Å². The Bertz CT molecular complexity index is 819. The number of aromatic nitrogens is 3. The zero-order chi connectivity index (χ0) is 17.2. The van der Waals surface area contributed by atoms with Crippen molar-refractivity contribution < 1.29 is 13.2 Å². The third kappa shape index (κ3) is 3.46. The third-order valence-electron chi connectivity index (χ3n) is 4.01. The van der Waals surface area contributed by atoms with Crippen LogP contribution in [0.3, 0.4) is 0 Å². The number of nitrogens with zero attached hydrogens (tertiary/aromatic N) is 4. The molecule has 0 spiro atoms. The van der Waals surface area contributed by atoms with Gasteiger partial charge in [0.15, 0.2) is 5.82 Å². The summed E-state index contributed by atoms with van der Waals surface area (Å²) in [6.07, 6.45) is 3.93. The van der Waals surface area contributed by atoms with Crippen LogP contribution < -0.4 is 5.32 Å². The summed E-state index contributed by atoms with van der Waals surface area (Å²) in [7, 11) is -3.38. The number of rotatable bonds is 5. The van der Waals surface area contributed by atoms with Crippen LogP contribution >= 0.6 is 0 Å². The molecule has 2 aromatic rings. The van der Waals surface area contributed by atoms with Gasteiger partial charge in [0, 0.05) is 12.2 Å². The van der Waals surface area contributed by atoms with Gasteiger partial charge in [-0.2, -0.15) is 4.31 Å². The molecule has 3 rings (SSSR count). The van der Waals surface area contributed by atoms with E-state index in [0.717, 1.165) is 11.9 Å². The zero-order valence-corrected chi connectivity index (χ0v) is 14.1. The van der Waals surface area contributed by atoms with E-state index >= 15 is 0 Å². The molecule has 8 nitrogen and oxygen atoms in total. The smallest absolute Gasteiger partial charge is 0.238 e. The van der Waals surface area contributed by atoms with Crippen LogP contribution in [0.4, 0.5) is 0 Å². The number of nitrogens with one attached hydrogen (secondary N) is 1. The topological polar surface area (TPSA) is 97.2 Å². The van der Waals surface area contributed by atoms with Gasteiger partial charge in [0.05, 0.1) is 12.8 Å². The molecule has 1 saturated heterocycles. The van der Waals surface area contributed by atoms with E-state index in [-0.39, 0.29) is 12.5 Å². The van der Waals surface area contributed by atoms with Crippen molar-refractivity contribution in [2.75, 3.05) is 12.8 Å². The van der Waals surface area contributed by atoms with E-state index < -0.39 is 16.1 Å². The fourth-order valence-electron chi connectivity index (χ4n) is 2.87. The molecule has 1 aliphatic rings. The van der Waals surface area contributed by atoms with E-state index in [0.29, 0.717) is 25.2 Å². The molecular weight excluding hydrogens is 330 g/mol. The Morgan fingerprint density at radius 3 is 2.79 bits per heavy atom. The van der Waals surface area contributed by atoms with Crippen LogP contribution in [0.2, 0.25) is 0 Å². The molecule has 1 aromatic carbocycles. The molecule has 0 aliphatic carbocycles. The molecule has 1 unspecified atom stereocenters. The van der Waals surface area contributed by atoms with Crippen LogP contribution in [0, 0.1) is 0 Å². The first-order valence-corrected chi connectivity index (χ1v) is 9.50. The lowest BCUT2D eigenvalue weighted by Crippen LogP contribution is -2.45. The van der Waals surface area contributed by atoms with Gasteiger partial charge in [-0.1, -0.05) is 18.2 Å². The number of hydrogen-bond donors (Lipinski definition) is 1. The first-order valence-electron chi connectivity index (χ1n) is 7.65. The molecule has 2 heterocycles. The molecule has 0 radical (unpaired) electrons. The van der Waals surface area contributed by atoms with Crippen LogP contribution in [0.1, 0.15) is 18.7 Å². The number of sulfonamides is 1. The lowest BCUT2D eigenvalue weighted by molar-refractivity contribution is -0.124. The minimum Gasteiger partial charge on any atom is -0.347 e. The summed E-state index contributed by atoms with van der Waals surface area (Å²) in [5, 5.41) is 10.7. The fourth-order valence-corrected chi connectivity index (χ4v) is 3.99. The number of carbonyl (C=O) groups is 1. The van der Waals surface area contributed by atoms with Crippen LogP contribution in [0.5, 0.6) is 0 Å². The predicted molar refractivity (Wildman–Crippen MR) is 87.8 cm³/mol. The second kappa shape index (κ2) is 6.70. The lowest BCUT2D eigenvalue weighted by atomic mass is 10.2. The van der Waals surface area contributed by atoms with Gasteiger partial charge >= 0.3 is 0 Å². The van der Waals surface area contributed by atoms with E-state index in [4.69, 9.17) is 0 Å². The van der Waals surface area contributed by atoms with Gasteiger partial charge in [0.1, 0.15) is 12.4 Å². The molecule has 1 amide bonds. The van der Waals surface area contributed by atoms with Gasteiger partial charge in [-0.05, 0) is 25.0 Å². The van der Waals surface area contributed by atoms with Gasteiger partial charge < -0.3 is 5.32 Å². The molecule has 128 valence electrons. The molecule has 1 fully saturated rings. The van der Waals surface area contributed by atoms with Gasteiger partial charge in [-0.15, -0.1) is 10.2 Å². The number of hydrogen-bond acceptors (Lipinski definition) is 5. The number of amides is 1. The van der Waals surface area contributed by atoms with Crippen LogP contribution in [0.25, 0.3) is 5.69 Å². The maximum atomic E-state index is 12.4. The zero-order valence-electron chi connectivity index (χ0n) is 13.3. The second-order valence-corrected chi connectivity index (χ2v) is 7.64. The molecule has 1 atom stereocenters. The second-order valence-electron chi connectivity index (χ2n) is 5.70. The Labute approximate surface area is 140 Å². The minimum absolute atomic E-state index is 0.182. The number of para-hydroxylation sites is 1. The SMILES string of the molecule is CS(=O)(=O)N1CCCC1C(=O)NCc1nncn1-c1ccccc1. The third-order valence-corrected chi connectivity index (χ3v) is 5.29. The molecule has 24 heavy (non-hydrogen) atoms. The fraction of sp³-hybridized carbons (Fsp3) is 0.400. The molecule has 1 aliphatic heterocycles. The van der Waals surface area contributed by atoms with Crippen LogP contribution in [-0.4, -0.2) is 52.2 Å². The first kappa shape index (κ1) is 16.6. The molecule has 0 bridgehead atoms. The Kier molecular flexibility index (Phi) is 4.63. The number of benzene rings is 1. The van der Waals surface area contributed by atoms with Crippen molar-refractivity contribution in [3.8, 4) is 5.69 Å².